The third-order valence-corrected chi connectivity index (χ3v) is 8.06. The highest BCUT2D eigenvalue weighted by Gasteiger charge is 2.22. The molecule has 7 aromatic carbocycles. The van der Waals surface area contributed by atoms with E-state index in [1.807, 2.05) is 0 Å². The Morgan fingerprint density at radius 2 is 1.12 bits per heavy atom. The smallest absolute Gasteiger partial charge is 0.238 e. The molecule has 0 saturated carbocycles. The van der Waals surface area contributed by atoms with Gasteiger partial charge in [0.15, 0.2) is 17.2 Å². The van der Waals surface area contributed by atoms with Crippen LogP contribution in [0.4, 0.5) is 0 Å². The highest BCUT2D eigenvalue weighted by atomic mass is 16.3. The molecule has 0 fully saturated rings. The summed E-state index contributed by atoms with van der Waals surface area (Å²) in [5, 5.41) is -2.65. The molecule has 238 valence electrons. The Balaban J connectivity index is 1.35. The Labute approximate surface area is 327 Å². The van der Waals surface area contributed by atoms with E-state index in [4.69, 9.17) is 36.2 Å². The fourth-order valence-corrected chi connectivity index (χ4v) is 5.94. The van der Waals surface area contributed by atoms with Gasteiger partial charge in [0.25, 0.3) is 0 Å². The van der Waals surface area contributed by atoms with E-state index in [1.165, 1.54) is 0 Å². The molecule has 0 spiro atoms. The summed E-state index contributed by atoms with van der Waals surface area (Å²) >= 11 is 0. The number of benzene rings is 7. The number of hydrogen-bond acceptors (Lipinski definition) is 5. The molecular weight excluding hydrogens is 629 g/mol. The van der Waals surface area contributed by atoms with E-state index in [0.717, 1.165) is 4.57 Å². The largest absolute Gasteiger partial charge is 0.456 e. The van der Waals surface area contributed by atoms with Crippen LogP contribution in [0.3, 0.4) is 0 Å². The van der Waals surface area contributed by atoms with Crippen molar-refractivity contribution in [2.24, 2.45) is 0 Å². The summed E-state index contributed by atoms with van der Waals surface area (Å²) in [4.78, 5) is 13.5. The second-order valence-corrected chi connectivity index (χ2v) is 10.8. The van der Waals surface area contributed by atoms with E-state index in [9.17, 15) is 8.22 Å². The maximum Gasteiger partial charge on any atom is 0.238 e. The zero-order valence-electron chi connectivity index (χ0n) is 51.1. The van der Waals surface area contributed by atoms with Crippen LogP contribution in [0.5, 0.6) is 0 Å². The summed E-state index contributed by atoms with van der Waals surface area (Å²) in [6, 6.07) is -21.6. The van der Waals surface area contributed by atoms with E-state index in [-0.39, 0.29) is 5.39 Å². The standard InChI is InChI=1S/C45H26N4O2/c1-3-12-27(13-4-1)30-18-11-21-38-40(30)35-23-22-29(26-39(35)50-38)44-46-43(28-14-5-2-6-15-28)47-45(48-44)49-36-19-9-7-16-31(36)33-24-25-34-32-17-8-10-20-37(32)51-42(34)41(33)49/h1-26H/i1D,2D,3D,4D,5D,6D,7D,8D,9D,10D,11D,12D,13D,14D,15D,16D,17D,18D,19D,20D,21D,22D,23D,24D,25D,26D. The molecule has 4 aromatic heterocycles. The molecule has 0 bridgehead atoms. The average Bonchev–Trinajstić information content (AvgIpc) is 4.31. The van der Waals surface area contributed by atoms with Gasteiger partial charge in [-0.3, -0.25) is 4.57 Å². The fraction of sp³-hybridized carbons (Fsp3) is 0. The third kappa shape index (κ3) is 4.20. The second-order valence-electron chi connectivity index (χ2n) is 10.8. The molecule has 0 radical (unpaired) electrons. The lowest BCUT2D eigenvalue weighted by Crippen LogP contribution is -2.06. The summed E-state index contributed by atoms with van der Waals surface area (Å²) in [6.45, 7) is 0. The van der Waals surface area contributed by atoms with Gasteiger partial charge in [-0.1, -0.05) is 121 Å². The quantitative estimate of drug-likeness (QED) is 0.185. The van der Waals surface area contributed by atoms with Gasteiger partial charge >= 0.3 is 0 Å². The Morgan fingerprint density at radius 1 is 0.451 bits per heavy atom. The molecule has 4 heterocycles. The zero-order valence-corrected chi connectivity index (χ0v) is 25.1. The van der Waals surface area contributed by atoms with Gasteiger partial charge in [-0.05, 0) is 47.4 Å². The predicted molar refractivity (Wildman–Crippen MR) is 205 cm³/mol. The molecule has 11 rings (SSSR count). The number of para-hydroxylation sites is 2. The first-order chi connectivity index (χ1) is 36.1. The first-order valence-corrected chi connectivity index (χ1v) is 14.8. The summed E-state index contributed by atoms with van der Waals surface area (Å²) in [6.07, 6.45) is 0. The normalized spacial score (nSPS) is 19.1. The van der Waals surface area contributed by atoms with Crippen molar-refractivity contribution in [2.75, 3.05) is 0 Å². The van der Waals surface area contributed by atoms with E-state index in [0.29, 0.717) is 0 Å². The Bertz CT molecular complexity index is 4600. The van der Waals surface area contributed by atoms with Gasteiger partial charge in [-0.2, -0.15) is 9.97 Å². The van der Waals surface area contributed by atoms with Gasteiger partial charge in [-0.15, -0.1) is 0 Å². The van der Waals surface area contributed by atoms with Crippen LogP contribution in [-0.4, -0.2) is 19.5 Å². The van der Waals surface area contributed by atoms with Crippen molar-refractivity contribution in [3.63, 3.8) is 0 Å². The summed E-state index contributed by atoms with van der Waals surface area (Å²) < 4.78 is 242. The zero-order chi connectivity index (χ0) is 56.1. The van der Waals surface area contributed by atoms with Crippen molar-refractivity contribution >= 4 is 65.7 Å². The van der Waals surface area contributed by atoms with Crippen molar-refractivity contribution in [3.05, 3.63) is 157 Å². The van der Waals surface area contributed by atoms with Gasteiger partial charge in [0.2, 0.25) is 5.95 Å². The summed E-state index contributed by atoms with van der Waals surface area (Å²) in [5.74, 6) is -2.50. The molecule has 0 atom stereocenters. The number of rotatable bonds is 4. The third-order valence-electron chi connectivity index (χ3n) is 8.06. The molecule has 51 heavy (non-hydrogen) atoms. The van der Waals surface area contributed by atoms with Crippen LogP contribution in [0.2, 0.25) is 0 Å². The van der Waals surface area contributed by atoms with Gasteiger partial charge in [0.1, 0.15) is 22.3 Å². The van der Waals surface area contributed by atoms with E-state index < -0.39 is 257 Å². The lowest BCUT2D eigenvalue weighted by molar-refractivity contribution is 0.669. The maximum atomic E-state index is 9.65. The van der Waals surface area contributed by atoms with E-state index >= 15 is 0 Å². The lowest BCUT2D eigenvalue weighted by atomic mass is 9.99. The van der Waals surface area contributed by atoms with Crippen molar-refractivity contribution in [3.8, 4) is 39.9 Å². The first-order valence-electron chi connectivity index (χ1n) is 27.8. The lowest BCUT2D eigenvalue weighted by Gasteiger charge is -2.11. The highest BCUT2D eigenvalue weighted by Crippen LogP contribution is 2.41. The van der Waals surface area contributed by atoms with Crippen LogP contribution in [0.1, 0.15) is 35.6 Å². The first kappa shape index (κ1) is 12.7. The van der Waals surface area contributed by atoms with Crippen LogP contribution in [0.15, 0.2) is 166 Å². The van der Waals surface area contributed by atoms with Crippen molar-refractivity contribution in [2.45, 2.75) is 0 Å². The van der Waals surface area contributed by atoms with Crippen molar-refractivity contribution in [1.82, 2.24) is 19.5 Å². The second kappa shape index (κ2) is 10.7. The van der Waals surface area contributed by atoms with Crippen LogP contribution < -0.4 is 0 Å². The van der Waals surface area contributed by atoms with Gasteiger partial charge in [-0.25, -0.2) is 4.98 Å². The monoisotopic (exact) mass is 680 g/mol. The number of nitrogens with zero attached hydrogens (tertiary/aromatic N) is 4. The minimum atomic E-state index is -0.964. The summed E-state index contributed by atoms with van der Waals surface area (Å²) in [7, 11) is 0. The SMILES string of the molecule is [2H]c1c([2H])c([2H])c(-c2nc(-c3c([2H])c([2H])c4c(oc5c([2H])c([2H])c([2H])c(-c6c([2H])c([2H])c([2H])c([2H])c6[2H])c54)c3[2H])nc(-n3c4c([2H])c([2H])c([2H])c([2H])c4c4c([2H])c([2H])c5c(oc6c([2H])c([2H])c([2H])c([2H])c65)c43)n2)c([2H])c1[2H]. The minimum Gasteiger partial charge on any atom is -0.456 e. The summed E-state index contributed by atoms with van der Waals surface area (Å²) in [5.41, 5.74) is -6.05. The molecule has 0 aliphatic heterocycles. The van der Waals surface area contributed by atoms with Gasteiger partial charge in [0.05, 0.1) is 41.2 Å². The molecular formula is C45H26N4O2. The molecule has 0 unspecified atom stereocenters. The minimum absolute atomic E-state index is 0.376. The molecule has 0 amide bonds. The molecule has 6 nitrogen and oxygen atoms in total. The Kier molecular flexibility index (Phi) is 2.67. The maximum absolute atomic E-state index is 9.65. The van der Waals surface area contributed by atoms with E-state index in [2.05, 4.69) is 15.0 Å². The number of hydrogen-bond donors (Lipinski definition) is 0. The van der Waals surface area contributed by atoms with Gasteiger partial charge in [0, 0.05) is 43.4 Å². The predicted octanol–water partition coefficient (Wildman–Crippen LogP) is 11.8. The molecule has 0 saturated heterocycles. The van der Waals surface area contributed by atoms with Crippen molar-refractivity contribution in [1.29, 1.82) is 0 Å². The number of furan rings is 2. The van der Waals surface area contributed by atoms with Crippen molar-refractivity contribution < 1.29 is 44.5 Å². The fourth-order valence-electron chi connectivity index (χ4n) is 5.94. The molecule has 0 aliphatic carbocycles. The molecule has 0 aliphatic rings. The van der Waals surface area contributed by atoms with Gasteiger partial charge < -0.3 is 8.83 Å². The molecule has 0 N–H and O–H groups in total. The topological polar surface area (TPSA) is 69.9 Å². The Morgan fingerprint density at radius 3 is 1.96 bits per heavy atom. The van der Waals surface area contributed by atoms with E-state index in [1.54, 1.807) is 0 Å². The number of fused-ring (bicyclic) bond motifs is 10. The Hall–Kier alpha value is -7.05. The number of aromatic nitrogens is 4. The molecule has 11 aromatic rings. The average molecular weight is 681 g/mol. The van der Waals surface area contributed by atoms with Crippen LogP contribution in [-0.2, 0) is 0 Å². The highest BCUT2D eigenvalue weighted by molar-refractivity contribution is 6.21. The molecule has 6 heteroatoms. The van der Waals surface area contributed by atoms with Crippen LogP contribution in [0, 0.1) is 0 Å². The van der Waals surface area contributed by atoms with Crippen LogP contribution >= 0.6 is 0 Å². The van der Waals surface area contributed by atoms with Crippen LogP contribution in [0.25, 0.3) is 106 Å².